The molecule has 0 aromatic heterocycles. The van der Waals surface area contributed by atoms with Crippen molar-refractivity contribution < 1.29 is 4.74 Å². The summed E-state index contributed by atoms with van der Waals surface area (Å²) < 4.78 is 5.29. The van der Waals surface area contributed by atoms with Gasteiger partial charge in [0.2, 0.25) is 0 Å². The lowest BCUT2D eigenvalue weighted by molar-refractivity contribution is 0.199. The van der Waals surface area contributed by atoms with E-state index in [1.54, 1.807) is 0 Å². The Morgan fingerprint density at radius 1 is 1.47 bits per heavy atom. The van der Waals surface area contributed by atoms with Gasteiger partial charge in [0.05, 0.1) is 6.61 Å². The summed E-state index contributed by atoms with van der Waals surface area (Å²) in [6.07, 6.45) is 4.32. The second kappa shape index (κ2) is 5.34. The number of nitrogens with zero attached hydrogens (tertiary/aromatic N) is 1. The lowest BCUT2D eigenvalue weighted by Gasteiger charge is -2.20. The molecule has 1 saturated heterocycles. The van der Waals surface area contributed by atoms with Gasteiger partial charge >= 0.3 is 0 Å². The second-order valence-electron chi connectivity index (χ2n) is 4.76. The molecule has 0 amide bonds. The molecule has 0 aromatic carbocycles. The van der Waals surface area contributed by atoms with E-state index in [4.69, 9.17) is 4.74 Å². The number of hydrogen-bond acceptors (Lipinski definition) is 2. The van der Waals surface area contributed by atoms with E-state index in [0.717, 1.165) is 0 Å². The Bertz CT molecular complexity index is 277. The average Bonchev–Trinajstić information content (AvgIpc) is 2.89. The highest BCUT2D eigenvalue weighted by atomic mass is 16.5. The predicted molar refractivity (Wildman–Crippen MR) is 63.7 cm³/mol. The largest absolute Gasteiger partial charge is 0.365 e. The Hall–Kier alpha value is -0.780. The number of hydrogen-bond donors (Lipinski definition) is 0. The standard InChI is InChI=1S/C13H21NO/c1-5-6-9-15-10-7-8-12-11-14(12)13(2,3)4/h7-8,12H,9-11H2,1-4H3/b8-7+. The van der Waals surface area contributed by atoms with Crippen molar-refractivity contribution in [3.05, 3.63) is 12.2 Å². The van der Waals surface area contributed by atoms with E-state index in [0.29, 0.717) is 24.8 Å². The SMILES string of the molecule is CC#CCOC/C=C/C1CN1C(C)(C)C. The average molecular weight is 207 g/mol. The molecule has 1 aliphatic heterocycles. The minimum atomic E-state index is 0.295. The highest BCUT2D eigenvalue weighted by Crippen LogP contribution is 2.29. The molecule has 84 valence electrons. The van der Waals surface area contributed by atoms with Crippen LogP contribution in [0.2, 0.25) is 0 Å². The van der Waals surface area contributed by atoms with Gasteiger partial charge in [0, 0.05) is 18.1 Å². The van der Waals surface area contributed by atoms with Crippen LogP contribution in [0.4, 0.5) is 0 Å². The smallest absolute Gasteiger partial charge is 0.108 e. The first-order chi connectivity index (χ1) is 7.05. The third kappa shape index (κ3) is 4.51. The van der Waals surface area contributed by atoms with Crippen LogP contribution in [-0.2, 0) is 4.74 Å². The van der Waals surface area contributed by atoms with E-state index in [1.165, 1.54) is 6.54 Å². The monoisotopic (exact) mass is 207 g/mol. The van der Waals surface area contributed by atoms with Crippen molar-refractivity contribution in [2.45, 2.75) is 39.3 Å². The predicted octanol–water partition coefficient (Wildman–Crippen LogP) is 2.07. The van der Waals surface area contributed by atoms with Gasteiger partial charge in [0.15, 0.2) is 0 Å². The molecule has 2 heteroatoms. The van der Waals surface area contributed by atoms with Crippen molar-refractivity contribution in [1.29, 1.82) is 0 Å². The van der Waals surface area contributed by atoms with Gasteiger partial charge in [0.25, 0.3) is 0 Å². The van der Waals surface area contributed by atoms with Crippen molar-refractivity contribution in [1.82, 2.24) is 4.90 Å². The van der Waals surface area contributed by atoms with Crippen molar-refractivity contribution >= 4 is 0 Å². The minimum absolute atomic E-state index is 0.295. The number of ether oxygens (including phenoxy) is 1. The molecule has 1 fully saturated rings. The first-order valence-electron chi connectivity index (χ1n) is 5.46. The summed E-state index contributed by atoms with van der Waals surface area (Å²) in [4.78, 5) is 2.45. The Morgan fingerprint density at radius 2 is 2.20 bits per heavy atom. The van der Waals surface area contributed by atoms with Crippen molar-refractivity contribution in [3.8, 4) is 11.8 Å². The molecule has 0 bridgehead atoms. The van der Waals surface area contributed by atoms with Gasteiger partial charge in [0.1, 0.15) is 6.61 Å². The molecule has 1 heterocycles. The molecule has 2 atom stereocenters. The maximum Gasteiger partial charge on any atom is 0.108 e. The molecular formula is C13H21NO. The highest BCUT2D eigenvalue weighted by Gasteiger charge is 2.39. The Balaban J connectivity index is 2.10. The maximum atomic E-state index is 5.29. The molecule has 0 saturated carbocycles. The summed E-state index contributed by atoms with van der Waals surface area (Å²) in [5.41, 5.74) is 0.295. The van der Waals surface area contributed by atoms with Crippen LogP contribution in [0.15, 0.2) is 12.2 Å². The van der Waals surface area contributed by atoms with Crippen LogP contribution < -0.4 is 0 Å². The molecule has 1 aliphatic rings. The fraction of sp³-hybridized carbons (Fsp3) is 0.692. The van der Waals surface area contributed by atoms with Crippen LogP contribution in [0.5, 0.6) is 0 Å². The van der Waals surface area contributed by atoms with Crippen molar-refractivity contribution in [3.63, 3.8) is 0 Å². The fourth-order valence-electron chi connectivity index (χ4n) is 1.55. The normalized spacial score (nSPS) is 25.1. The van der Waals surface area contributed by atoms with Crippen molar-refractivity contribution in [2.75, 3.05) is 19.8 Å². The molecule has 2 unspecified atom stereocenters. The van der Waals surface area contributed by atoms with Crippen LogP contribution in [0, 0.1) is 11.8 Å². The van der Waals surface area contributed by atoms with E-state index in [-0.39, 0.29) is 0 Å². The van der Waals surface area contributed by atoms with Gasteiger partial charge in [-0.1, -0.05) is 18.1 Å². The van der Waals surface area contributed by atoms with E-state index in [2.05, 4.69) is 49.7 Å². The van der Waals surface area contributed by atoms with Crippen LogP contribution in [0.1, 0.15) is 27.7 Å². The quantitative estimate of drug-likeness (QED) is 0.303. The van der Waals surface area contributed by atoms with Crippen LogP contribution in [0.25, 0.3) is 0 Å². The molecule has 0 aromatic rings. The maximum absolute atomic E-state index is 5.29. The Morgan fingerprint density at radius 3 is 2.73 bits per heavy atom. The molecule has 0 spiro atoms. The van der Waals surface area contributed by atoms with Crippen molar-refractivity contribution in [2.24, 2.45) is 0 Å². The Labute approximate surface area is 93.3 Å². The Kier molecular flexibility index (Phi) is 4.38. The minimum Gasteiger partial charge on any atom is -0.365 e. The van der Waals surface area contributed by atoms with E-state index in [1.807, 2.05) is 6.92 Å². The number of rotatable bonds is 4. The molecular weight excluding hydrogens is 186 g/mol. The zero-order valence-corrected chi connectivity index (χ0v) is 10.2. The zero-order valence-electron chi connectivity index (χ0n) is 10.2. The summed E-state index contributed by atoms with van der Waals surface area (Å²) in [6, 6.07) is 0.617. The van der Waals surface area contributed by atoms with Gasteiger partial charge in [-0.15, -0.1) is 5.92 Å². The fourth-order valence-corrected chi connectivity index (χ4v) is 1.55. The third-order valence-electron chi connectivity index (χ3n) is 2.44. The lowest BCUT2D eigenvalue weighted by Crippen LogP contribution is -2.27. The van der Waals surface area contributed by atoms with E-state index < -0.39 is 0 Å². The van der Waals surface area contributed by atoms with Gasteiger partial charge in [-0.3, -0.25) is 4.90 Å². The van der Waals surface area contributed by atoms with E-state index >= 15 is 0 Å². The molecule has 1 rings (SSSR count). The van der Waals surface area contributed by atoms with Gasteiger partial charge in [-0.25, -0.2) is 0 Å². The van der Waals surface area contributed by atoms with E-state index in [9.17, 15) is 0 Å². The van der Waals surface area contributed by atoms with Crippen LogP contribution in [-0.4, -0.2) is 36.2 Å². The third-order valence-corrected chi connectivity index (χ3v) is 2.44. The summed E-state index contributed by atoms with van der Waals surface area (Å²) in [6.45, 7) is 10.9. The molecule has 0 radical (unpaired) electrons. The molecule has 2 nitrogen and oxygen atoms in total. The van der Waals surface area contributed by atoms with Gasteiger partial charge in [-0.2, -0.15) is 0 Å². The zero-order chi connectivity index (χ0) is 11.3. The molecule has 15 heavy (non-hydrogen) atoms. The highest BCUT2D eigenvalue weighted by molar-refractivity contribution is 5.09. The topological polar surface area (TPSA) is 12.2 Å². The summed E-state index contributed by atoms with van der Waals surface area (Å²) >= 11 is 0. The molecule has 0 N–H and O–H groups in total. The van der Waals surface area contributed by atoms with Gasteiger partial charge < -0.3 is 4.74 Å². The summed E-state index contributed by atoms with van der Waals surface area (Å²) in [5, 5.41) is 0. The first-order valence-corrected chi connectivity index (χ1v) is 5.46. The second-order valence-corrected chi connectivity index (χ2v) is 4.76. The first kappa shape index (κ1) is 12.3. The van der Waals surface area contributed by atoms with Crippen LogP contribution in [0.3, 0.4) is 0 Å². The summed E-state index contributed by atoms with van der Waals surface area (Å²) in [5.74, 6) is 5.67. The molecule has 0 aliphatic carbocycles. The summed E-state index contributed by atoms with van der Waals surface area (Å²) in [7, 11) is 0. The van der Waals surface area contributed by atoms with Crippen LogP contribution >= 0.6 is 0 Å². The lowest BCUT2D eigenvalue weighted by atomic mass is 10.1. The van der Waals surface area contributed by atoms with Gasteiger partial charge in [-0.05, 0) is 27.7 Å².